The monoisotopic (exact) mass is 257 g/mol. The minimum absolute atomic E-state index is 0.200. The summed E-state index contributed by atoms with van der Waals surface area (Å²) in [5.41, 5.74) is 7.21. The molecule has 0 bridgehead atoms. The van der Waals surface area contributed by atoms with E-state index in [9.17, 15) is 0 Å². The average Bonchev–Trinajstić information content (AvgIpc) is 2.46. The van der Waals surface area contributed by atoms with Crippen molar-refractivity contribution >= 4 is 0 Å². The van der Waals surface area contributed by atoms with E-state index in [2.05, 4.69) is 30.1 Å². The van der Waals surface area contributed by atoms with Gasteiger partial charge in [-0.3, -0.25) is 4.90 Å². The van der Waals surface area contributed by atoms with Crippen molar-refractivity contribution < 1.29 is 0 Å². The molecule has 2 rings (SSSR count). The normalized spacial score (nSPS) is 24.9. The Morgan fingerprint density at radius 2 is 1.89 bits per heavy atom. The highest BCUT2D eigenvalue weighted by Gasteiger charge is 2.27. The van der Waals surface area contributed by atoms with Crippen molar-refractivity contribution in [2.45, 2.75) is 50.2 Å². The summed E-state index contributed by atoms with van der Waals surface area (Å²) in [4.78, 5) is 2.38. The van der Waals surface area contributed by atoms with E-state index in [1.807, 2.05) is 18.2 Å². The molecule has 0 saturated heterocycles. The molecule has 3 nitrogen and oxygen atoms in total. The lowest BCUT2D eigenvalue weighted by molar-refractivity contribution is 0.133. The van der Waals surface area contributed by atoms with Crippen molar-refractivity contribution in [3.05, 3.63) is 35.9 Å². The molecule has 1 atom stereocenters. The largest absolute Gasteiger partial charge is 0.328 e. The highest BCUT2D eigenvalue weighted by atomic mass is 15.2. The van der Waals surface area contributed by atoms with E-state index in [0.29, 0.717) is 18.5 Å². The summed E-state index contributed by atoms with van der Waals surface area (Å²) in [7, 11) is 2.15. The van der Waals surface area contributed by atoms with Crippen LogP contribution in [0.4, 0.5) is 0 Å². The molecule has 19 heavy (non-hydrogen) atoms. The molecule has 0 radical (unpaired) electrons. The van der Waals surface area contributed by atoms with E-state index >= 15 is 0 Å². The van der Waals surface area contributed by atoms with Gasteiger partial charge in [0.1, 0.15) is 0 Å². The van der Waals surface area contributed by atoms with Crippen molar-refractivity contribution in [1.29, 1.82) is 5.26 Å². The first-order chi connectivity index (χ1) is 9.22. The molecule has 1 saturated carbocycles. The fraction of sp³-hybridized carbons (Fsp3) is 0.562. The van der Waals surface area contributed by atoms with Crippen molar-refractivity contribution in [3.63, 3.8) is 0 Å². The van der Waals surface area contributed by atoms with Crippen LogP contribution >= 0.6 is 0 Å². The van der Waals surface area contributed by atoms with Crippen molar-refractivity contribution in [2.75, 3.05) is 7.05 Å². The molecule has 1 unspecified atom stereocenters. The van der Waals surface area contributed by atoms with Crippen LogP contribution in [0.3, 0.4) is 0 Å². The molecule has 1 aromatic carbocycles. The third-order valence-electron chi connectivity index (χ3n) is 4.28. The number of rotatable bonds is 4. The van der Waals surface area contributed by atoms with Crippen LogP contribution in [0.1, 0.15) is 43.7 Å². The van der Waals surface area contributed by atoms with Gasteiger partial charge in [0.25, 0.3) is 0 Å². The van der Waals surface area contributed by atoms with Gasteiger partial charge >= 0.3 is 0 Å². The zero-order valence-electron chi connectivity index (χ0n) is 11.6. The molecule has 1 aliphatic carbocycles. The summed E-state index contributed by atoms with van der Waals surface area (Å²) in [6.07, 6.45) is 5.04. The first-order valence-electron chi connectivity index (χ1n) is 7.11. The Morgan fingerprint density at radius 1 is 1.26 bits per heavy atom. The number of benzene rings is 1. The summed E-state index contributed by atoms with van der Waals surface area (Å²) in [5, 5.41) is 9.09. The molecule has 102 valence electrons. The van der Waals surface area contributed by atoms with Crippen LogP contribution in [-0.2, 0) is 0 Å². The molecule has 1 aromatic rings. The summed E-state index contributed by atoms with van der Waals surface area (Å²) in [6, 6.07) is 13.8. The second-order valence-electron chi connectivity index (χ2n) is 5.52. The van der Waals surface area contributed by atoms with E-state index in [0.717, 1.165) is 25.7 Å². The van der Waals surface area contributed by atoms with Gasteiger partial charge in [-0.05, 0) is 38.3 Å². The average molecular weight is 257 g/mol. The Balaban J connectivity index is 2.09. The standard InChI is InChI=1S/C16H23N3/c1-19(15-9-7-14(18)8-10-15)16(11-12-17)13-5-3-2-4-6-13/h2-6,14-16H,7-11,18H2,1H3. The van der Waals surface area contributed by atoms with Crippen LogP contribution < -0.4 is 5.73 Å². The van der Waals surface area contributed by atoms with Gasteiger partial charge in [-0.25, -0.2) is 0 Å². The molecular weight excluding hydrogens is 234 g/mol. The van der Waals surface area contributed by atoms with Crippen molar-refractivity contribution in [2.24, 2.45) is 5.73 Å². The van der Waals surface area contributed by atoms with Gasteiger partial charge in [-0.2, -0.15) is 5.26 Å². The molecular formula is C16H23N3. The molecule has 0 amide bonds. The van der Waals surface area contributed by atoms with Crippen molar-refractivity contribution in [3.8, 4) is 6.07 Å². The minimum Gasteiger partial charge on any atom is -0.328 e. The fourth-order valence-electron chi connectivity index (χ4n) is 3.02. The van der Waals surface area contributed by atoms with E-state index in [1.165, 1.54) is 5.56 Å². The van der Waals surface area contributed by atoms with Crippen LogP contribution in [0.15, 0.2) is 30.3 Å². The maximum Gasteiger partial charge on any atom is 0.0641 e. The Morgan fingerprint density at radius 3 is 2.47 bits per heavy atom. The lowest BCUT2D eigenvalue weighted by Gasteiger charge is -2.38. The van der Waals surface area contributed by atoms with E-state index in [4.69, 9.17) is 11.0 Å². The van der Waals surface area contributed by atoms with Gasteiger partial charge in [-0.1, -0.05) is 30.3 Å². The third kappa shape index (κ3) is 3.56. The molecule has 3 heteroatoms. The molecule has 0 aliphatic heterocycles. The van der Waals surface area contributed by atoms with Gasteiger partial charge in [0.2, 0.25) is 0 Å². The van der Waals surface area contributed by atoms with Crippen LogP contribution in [-0.4, -0.2) is 24.0 Å². The van der Waals surface area contributed by atoms with Crippen LogP contribution in [0, 0.1) is 11.3 Å². The van der Waals surface area contributed by atoms with Gasteiger partial charge in [0, 0.05) is 18.1 Å². The SMILES string of the molecule is CN(C1CCC(N)CC1)C(CC#N)c1ccccc1. The van der Waals surface area contributed by atoms with Gasteiger partial charge in [0.05, 0.1) is 12.5 Å². The Labute approximate surface area is 116 Å². The molecule has 1 aliphatic rings. The zero-order chi connectivity index (χ0) is 13.7. The predicted molar refractivity (Wildman–Crippen MR) is 77.4 cm³/mol. The molecule has 0 spiro atoms. The first kappa shape index (κ1) is 14.0. The predicted octanol–water partition coefficient (Wildman–Crippen LogP) is 2.84. The zero-order valence-corrected chi connectivity index (χ0v) is 11.6. The van der Waals surface area contributed by atoms with E-state index in [-0.39, 0.29) is 6.04 Å². The Bertz CT molecular complexity index is 415. The second-order valence-corrected chi connectivity index (χ2v) is 5.52. The fourth-order valence-corrected chi connectivity index (χ4v) is 3.02. The molecule has 0 aromatic heterocycles. The van der Waals surface area contributed by atoms with Gasteiger partial charge in [0.15, 0.2) is 0 Å². The highest BCUT2D eigenvalue weighted by molar-refractivity contribution is 5.20. The smallest absolute Gasteiger partial charge is 0.0641 e. The van der Waals surface area contributed by atoms with Gasteiger partial charge < -0.3 is 5.73 Å². The number of hydrogen-bond donors (Lipinski definition) is 1. The number of hydrogen-bond acceptors (Lipinski definition) is 3. The van der Waals surface area contributed by atoms with Crippen LogP contribution in [0.25, 0.3) is 0 Å². The number of nitriles is 1. The highest BCUT2D eigenvalue weighted by Crippen LogP contribution is 2.30. The Hall–Kier alpha value is -1.37. The van der Waals surface area contributed by atoms with Gasteiger partial charge in [-0.15, -0.1) is 0 Å². The minimum atomic E-state index is 0.200. The van der Waals surface area contributed by atoms with Crippen LogP contribution in [0.5, 0.6) is 0 Å². The second kappa shape index (κ2) is 6.70. The quantitative estimate of drug-likeness (QED) is 0.902. The lowest BCUT2D eigenvalue weighted by atomic mass is 9.89. The van der Waals surface area contributed by atoms with Crippen molar-refractivity contribution in [1.82, 2.24) is 4.90 Å². The topological polar surface area (TPSA) is 53.0 Å². The Kier molecular flexibility index (Phi) is 4.95. The van der Waals surface area contributed by atoms with E-state index in [1.54, 1.807) is 0 Å². The first-order valence-corrected chi connectivity index (χ1v) is 7.11. The lowest BCUT2D eigenvalue weighted by Crippen LogP contribution is -2.40. The molecule has 1 fully saturated rings. The maximum absolute atomic E-state index is 9.09. The summed E-state index contributed by atoms with van der Waals surface area (Å²) in [6.45, 7) is 0. The van der Waals surface area contributed by atoms with E-state index < -0.39 is 0 Å². The summed E-state index contributed by atoms with van der Waals surface area (Å²) < 4.78 is 0. The molecule has 2 N–H and O–H groups in total. The third-order valence-corrected chi connectivity index (χ3v) is 4.28. The van der Waals surface area contributed by atoms with Crippen LogP contribution in [0.2, 0.25) is 0 Å². The molecule has 0 heterocycles. The summed E-state index contributed by atoms with van der Waals surface area (Å²) in [5.74, 6) is 0. The number of nitrogens with two attached hydrogens (primary N) is 1. The maximum atomic E-state index is 9.09. The number of nitrogens with zero attached hydrogens (tertiary/aromatic N) is 2. The summed E-state index contributed by atoms with van der Waals surface area (Å²) >= 11 is 0.